The van der Waals surface area contributed by atoms with Gasteiger partial charge >= 0.3 is 0 Å². The van der Waals surface area contributed by atoms with E-state index in [-0.39, 0.29) is 12.0 Å². The second kappa shape index (κ2) is 7.48. The number of rotatable bonds is 4. The van der Waals surface area contributed by atoms with Crippen LogP contribution < -0.4 is 9.64 Å². The van der Waals surface area contributed by atoms with Gasteiger partial charge in [0.25, 0.3) is 11.8 Å². The molecule has 1 aromatic carbocycles. The number of aromatic nitrogens is 3. The van der Waals surface area contributed by atoms with Gasteiger partial charge in [-0.15, -0.1) is 11.3 Å². The van der Waals surface area contributed by atoms with Crippen molar-refractivity contribution in [3.05, 3.63) is 41.7 Å². The maximum atomic E-state index is 13.0. The molecule has 3 aromatic rings. The summed E-state index contributed by atoms with van der Waals surface area (Å²) >= 11 is 1.55. The third kappa shape index (κ3) is 3.71. The molecule has 1 atom stereocenters. The lowest BCUT2D eigenvalue weighted by molar-refractivity contribution is 0.0528. The van der Waals surface area contributed by atoms with Gasteiger partial charge in [-0.1, -0.05) is 0 Å². The highest BCUT2D eigenvalue weighted by Gasteiger charge is 2.27. The molecule has 8 heteroatoms. The molecule has 1 aliphatic rings. The monoisotopic (exact) mass is 383 g/mol. The molecule has 140 valence electrons. The summed E-state index contributed by atoms with van der Waals surface area (Å²) in [5.41, 5.74) is 3.42. The molecule has 1 unspecified atom stereocenters. The average molecular weight is 383 g/mol. The highest BCUT2D eigenvalue weighted by Crippen LogP contribution is 2.25. The molecule has 3 heterocycles. The number of piperidine rings is 1. The fourth-order valence-electron chi connectivity index (χ4n) is 3.26. The molecule has 0 spiro atoms. The number of carbonyl (C=O) groups excluding carboxylic acids is 1. The number of hydrogen-bond donors (Lipinski definition) is 0. The van der Waals surface area contributed by atoms with Crippen molar-refractivity contribution in [2.75, 3.05) is 32.1 Å². The van der Waals surface area contributed by atoms with Crippen LogP contribution >= 0.6 is 11.3 Å². The van der Waals surface area contributed by atoms with Crippen molar-refractivity contribution in [2.24, 2.45) is 0 Å². The van der Waals surface area contributed by atoms with E-state index >= 15 is 0 Å². The van der Waals surface area contributed by atoms with Gasteiger partial charge in [0.1, 0.15) is 6.10 Å². The van der Waals surface area contributed by atoms with E-state index in [4.69, 9.17) is 4.74 Å². The predicted molar refractivity (Wildman–Crippen MR) is 106 cm³/mol. The molecule has 1 aliphatic heterocycles. The van der Waals surface area contributed by atoms with Crippen LogP contribution in [0.25, 0.3) is 10.2 Å². The van der Waals surface area contributed by atoms with Crippen LogP contribution in [0.1, 0.15) is 23.2 Å². The number of amides is 1. The van der Waals surface area contributed by atoms with Crippen molar-refractivity contribution in [1.82, 2.24) is 19.9 Å². The fraction of sp³-hybridized carbons (Fsp3) is 0.368. The second-order valence-electron chi connectivity index (χ2n) is 6.75. The molecule has 4 rings (SSSR count). The first kappa shape index (κ1) is 17.7. The average Bonchev–Trinajstić information content (AvgIpc) is 3.15. The molecular weight excluding hydrogens is 362 g/mol. The molecule has 1 saturated heterocycles. The van der Waals surface area contributed by atoms with Gasteiger partial charge in [-0.25, -0.2) is 15.0 Å². The number of hydrogen-bond acceptors (Lipinski definition) is 7. The largest absolute Gasteiger partial charge is 0.470 e. The first-order chi connectivity index (χ1) is 13.1. The van der Waals surface area contributed by atoms with Crippen LogP contribution in [0.4, 0.5) is 5.82 Å². The molecule has 0 radical (unpaired) electrons. The lowest BCUT2D eigenvalue weighted by Gasteiger charge is -2.33. The molecule has 7 nitrogen and oxygen atoms in total. The lowest BCUT2D eigenvalue weighted by atomic mass is 10.1. The normalized spacial score (nSPS) is 17.1. The van der Waals surface area contributed by atoms with Gasteiger partial charge in [0.2, 0.25) is 0 Å². The number of likely N-dealkylation sites (tertiary alicyclic amines) is 1. The minimum atomic E-state index is -0.0924. The van der Waals surface area contributed by atoms with E-state index in [1.807, 2.05) is 42.1 Å². The minimum Gasteiger partial charge on any atom is -0.470 e. The Morgan fingerprint density at radius 2 is 2.11 bits per heavy atom. The van der Waals surface area contributed by atoms with Crippen molar-refractivity contribution in [2.45, 2.75) is 18.9 Å². The highest BCUT2D eigenvalue weighted by atomic mass is 32.1. The van der Waals surface area contributed by atoms with E-state index in [0.717, 1.165) is 29.6 Å². The van der Waals surface area contributed by atoms with Crippen LogP contribution in [0.15, 0.2) is 36.1 Å². The summed E-state index contributed by atoms with van der Waals surface area (Å²) in [4.78, 5) is 29.6. The topological polar surface area (TPSA) is 71.5 Å². The Hall–Kier alpha value is -2.74. The summed E-state index contributed by atoms with van der Waals surface area (Å²) in [5.74, 6) is 1.23. The Morgan fingerprint density at radius 1 is 1.26 bits per heavy atom. The third-order valence-electron chi connectivity index (χ3n) is 4.59. The van der Waals surface area contributed by atoms with Gasteiger partial charge in [0.05, 0.1) is 22.3 Å². The van der Waals surface area contributed by atoms with Gasteiger partial charge < -0.3 is 14.5 Å². The van der Waals surface area contributed by atoms with Crippen LogP contribution in [0.2, 0.25) is 0 Å². The van der Waals surface area contributed by atoms with E-state index in [0.29, 0.717) is 23.8 Å². The van der Waals surface area contributed by atoms with Crippen LogP contribution in [-0.2, 0) is 0 Å². The molecule has 0 aliphatic carbocycles. The molecule has 1 amide bonds. The Kier molecular flexibility index (Phi) is 4.89. The summed E-state index contributed by atoms with van der Waals surface area (Å²) in [5, 5.41) is 0. The molecule has 0 bridgehead atoms. The van der Waals surface area contributed by atoms with Crippen molar-refractivity contribution in [3.63, 3.8) is 0 Å². The number of nitrogens with zero attached hydrogens (tertiary/aromatic N) is 5. The van der Waals surface area contributed by atoms with E-state index in [2.05, 4.69) is 15.0 Å². The van der Waals surface area contributed by atoms with Gasteiger partial charge in [-0.2, -0.15) is 0 Å². The summed E-state index contributed by atoms with van der Waals surface area (Å²) in [6, 6.07) is 5.67. The van der Waals surface area contributed by atoms with Gasteiger partial charge in [0.15, 0.2) is 5.82 Å². The zero-order chi connectivity index (χ0) is 18.8. The third-order valence-corrected chi connectivity index (χ3v) is 5.38. The van der Waals surface area contributed by atoms with Gasteiger partial charge in [-0.05, 0) is 31.0 Å². The lowest BCUT2D eigenvalue weighted by Crippen LogP contribution is -2.44. The summed E-state index contributed by atoms with van der Waals surface area (Å²) in [7, 11) is 3.81. The maximum absolute atomic E-state index is 13.0. The minimum absolute atomic E-state index is 0.0329. The van der Waals surface area contributed by atoms with Crippen LogP contribution in [0.3, 0.4) is 0 Å². The predicted octanol–water partition coefficient (Wildman–Crippen LogP) is 2.84. The molecule has 2 aromatic heterocycles. The van der Waals surface area contributed by atoms with Crippen molar-refractivity contribution in [3.8, 4) is 5.88 Å². The van der Waals surface area contributed by atoms with Crippen LogP contribution in [0.5, 0.6) is 5.88 Å². The van der Waals surface area contributed by atoms with Crippen molar-refractivity contribution in [1.29, 1.82) is 0 Å². The summed E-state index contributed by atoms with van der Waals surface area (Å²) < 4.78 is 7.13. The first-order valence-electron chi connectivity index (χ1n) is 8.89. The Balaban J connectivity index is 1.48. The summed E-state index contributed by atoms with van der Waals surface area (Å²) in [6.45, 7) is 1.28. The number of fused-ring (bicyclic) bond motifs is 1. The molecule has 0 N–H and O–H groups in total. The quantitative estimate of drug-likeness (QED) is 0.690. The highest BCUT2D eigenvalue weighted by molar-refractivity contribution is 7.16. The smallest absolute Gasteiger partial charge is 0.257 e. The Labute approximate surface area is 161 Å². The van der Waals surface area contributed by atoms with E-state index in [1.54, 1.807) is 29.2 Å². The number of carbonyl (C=O) groups is 1. The number of thiazole rings is 1. The molecule has 1 fully saturated rings. The fourth-order valence-corrected chi connectivity index (χ4v) is 3.97. The maximum Gasteiger partial charge on any atom is 0.257 e. The van der Waals surface area contributed by atoms with E-state index in [9.17, 15) is 4.79 Å². The van der Waals surface area contributed by atoms with E-state index in [1.165, 1.54) is 0 Å². The SMILES string of the molecule is CN(C)c1nccnc1OC1CCCN(C(=O)c2ccc3ncsc3c2)C1. The molecular formula is C19H21N5O2S. The van der Waals surface area contributed by atoms with Crippen molar-refractivity contribution >= 4 is 33.3 Å². The van der Waals surface area contributed by atoms with Crippen LogP contribution in [0, 0.1) is 0 Å². The Bertz CT molecular complexity index is 958. The van der Waals surface area contributed by atoms with Gasteiger partial charge in [-0.3, -0.25) is 4.79 Å². The number of benzene rings is 1. The Morgan fingerprint density at radius 3 is 2.96 bits per heavy atom. The van der Waals surface area contributed by atoms with Gasteiger partial charge in [0, 0.05) is 38.6 Å². The number of ether oxygens (including phenoxy) is 1. The van der Waals surface area contributed by atoms with Crippen molar-refractivity contribution < 1.29 is 9.53 Å². The molecule has 0 saturated carbocycles. The first-order valence-corrected chi connectivity index (χ1v) is 9.77. The standard InChI is InChI=1S/C19H21N5O2S/c1-23(2)17-18(21-8-7-20-17)26-14-4-3-9-24(11-14)19(25)13-5-6-15-16(10-13)27-12-22-15/h5-8,10,12,14H,3-4,9,11H2,1-2H3. The zero-order valence-corrected chi connectivity index (χ0v) is 16.1. The van der Waals surface area contributed by atoms with Crippen LogP contribution in [-0.4, -0.2) is 59.0 Å². The summed E-state index contributed by atoms with van der Waals surface area (Å²) in [6.07, 6.45) is 4.97. The molecule has 27 heavy (non-hydrogen) atoms. The number of anilines is 1. The van der Waals surface area contributed by atoms with E-state index < -0.39 is 0 Å². The zero-order valence-electron chi connectivity index (χ0n) is 15.3. The second-order valence-corrected chi connectivity index (χ2v) is 7.63.